The number of likely N-dealkylation sites (N-methyl/N-ethyl adjacent to an activating group) is 1. The molecule has 4 rings (SSSR count). The number of carbonyl (C=O) groups excluding carboxylic acids is 3. The minimum absolute atomic E-state index is 0.155. The first-order valence-electron chi connectivity index (χ1n) is 13.2. The van der Waals surface area contributed by atoms with E-state index < -0.39 is 28.3 Å². The topological polar surface area (TPSA) is 153 Å². The molecule has 0 saturated carbocycles. The summed E-state index contributed by atoms with van der Waals surface area (Å²) < 4.78 is 6.33. The Bertz CT molecular complexity index is 1670. The third kappa shape index (κ3) is 7.91. The van der Waals surface area contributed by atoms with Gasteiger partial charge in [0.05, 0.1) is 12.0 Å². The highest BCUT2D eigenvalue weighted by atomic mass is 16.6. The number of benzene rings is 3. The monoisotopic (exact) mass is 583 g/mol. The second-order valence-corrected chi connectivity index (χ2v) is 9.54. The Morgan fingerprint density at radius 1 is 0.977 bits per heavy atom. The number of carbonyl (C=O) groups is 3. The Hall–Kier alpha value is -5.78. The number of methoxy groups -OCH3 is 1. The van der Waals surface area contributed by atoms with Crippen LogP contribution in [0.1, 0.15) is 15.9 Å². The van der Waals surface area contributed by atoms with Crippen molar-refractivity contribution in [1.29, 1.82) is 0 Å². The molecule has 12 nitrogen and oxygen atoms in total. The predicted molar refractivity (Wildman–Crippen MR) is 160 cm³/mol. The Kier molecular flexibility index (Phi) is 9.63. The standard InChI is InChI=1S/C31H29N5O7/c1-34(24-12-14-26(43-2)15-13-24)31(40)27(18-21-6-4-3-5-7-21)33-28(37)20-35-17-16-23(19-29(35)38)32-30(39)22-8-10-25(11-9-22)36(41)42/h3-17,19,27H,18,20H2,1-2H3,(H,32,39)(H,33,37)/t27-/m0/s1. The molecular formula is C31H29N5O7. The molecule has 43 heavy (non-hydrogen) atoms. The van der Waals surface area contributed by atoms with Crippen molar-refractivity contribution in [2.24, 2.45) is 0 Å². The molecule has 12 heteroatoms. The molecule has 4 aromatic rings. The summed E-state index contributed by atoms with van der Waals surface area (Å²) in [6, 6.07) is 22.9. The van der Waals surface area contributed by atoms with E-state index in [4.69, 9.17) is 4.74 Å². The van der Waals surface area contributed by atoms with Crippen molar-refractivity contribution in [2.45, 2.75) is 19.0 Å². The molecule has 0 fully saturated rings. The van der Waals surface area contributed by atoms with Crippen LogP contribution in [0.25, 0.3) is 0 Å². The maximum atomic E-state index is 13.5. The highest BCUT2D eigenvalue weighted by Crippen LogP contribution is 2.20. The van der Waals surface area contributed by atoms with Crippen LogP contribution in [-0.2, 0) is 22.6 Å². The van der Waals surface area contributed by atoms with E-state index in [2.05, 4.69) is 10.6 Å². The number of amides is 3. The predicted octanol–water partition coefficient (Wildman–Crippen LogP) is 3.41. The van der Waals surface area contributed by atoms with Crippen molar-refractivity contribution in [1.82, 2.24) is 9.88 Å². The van der Waals surface area contributed by atoms with Crippen molar-refractivity contribution in [3.63, 3.8) is 0 Å². The first-order chi connectivity index (χ1) is 20.6. The van der Waals surface area contributed by atoms with E-state index in [1.54, 1.807) is 38.4 Å². The van der Waals surface area contributed by atoms with Gasteiger partial charge in [0.2, 0.25) is 11.8 Å². The van der Waals surface area contributed by atoms with E-state index in [-0.39, 0.29) is 35.8 Å². The largest absolute Gasteiger partial charge is 0.497 e. The van der Waals surface area contributed by atoms with E-state index in [1.807, 2.05) is 30.3 Å². The second kappa shape index (κ2) is 13.7. The highest BCUT2D eigenvalue weighted by Gasteiger charge is 2.25. The quantitative estimate of drug-likeness (QED) is 0.203. The average Bonchev–Trinajstić information content (AvgIpc) is 3.02. The summed E-state index contributed by atoms with van der Waals surface area (Å²) >= 11 is 0. The molecule has 0 aliphatic heterocycles. The van der Waals surface area contributed by atoms with Crippen LogP contribution in [0.4, 0.5) is 17.1 Å². The van der Waals surface area contributed by atoms with E-state index in [9.17, 15) is 29.3 Å². The third-order valence-electron chi connectivity index (χ3n) is 6.61. The summed E-state index contributed by atoms with van der Waals surface area (Å²) in [5.74, 6) is -0.824. The van der Waals surface area contributed by atoms with Crippen molar-refractivity contribution >= 4 is 34.8 Å². The minimum Gasteiger partial charge on any atom is -0.497 e. The zero-order chi connectivity index (χ0) is 30.9. The molecule has 3 amide bonds. The number of anilines is 2. The lowest BCUT2D eigenvalue weighted by Crippen LogP contribution is -2.50. The Morgan fingerprint density at radius 3 is 2.26 bits per heavy atom. The molecular weight excluding hydrogens is 554 g/mol. The molecule has 0 unspecified atom stereocenters. The van der Waals surface area contributed by atoms with Gasteiger partial charge < -0.3 is 24.8 Å². The molecule has 3 aromatic carbocycles. The third-order valence-corrected chi connectivity index (χ3v) is 6.61. The lowest BCUT2D eigenvalue weighted by molar-refractivity contribution is -0.384. The molecule has 0 bridgehead atoms. The maximum Gasteiger partial charge on any atom is 0.269 e. The fourth-order valence-corrected chi connectivity index (χ4v) is 4.27. The molecule has 0 aliphatic rings. The summed E-state index contributed by atoms with van der Waals surface area (Å²) in [7, 11) is 3.16. The molecule has 1 aromatic heterocycles. The number of ether oxygens (including phenoxy) is 1. The maximum absolute atomic E-state index is 13.5. The van der Waals surface area contributed by atoms with E-state index >= 15 is 0 Å². The number of nitrogens with zero attached hydrogens (tertiary/aromatic N) is 3. The van der Waals surface area contributed by atoms with Crippen LogP contribution in [0.15, 0.2) is 102 Å². The molecule has 1 atom stereocenters. The molecule has 0 radical (unpaired) electrons. The average molecular weight is 584 g/mol. The van der Waals surface area contributed by atoms with Gasteiger partial charge in [-0.25, -0.2) is 0 Å². The number of nitrogens with one attached hydrogen (secondary N) is 2. The van der Waals surface area contributed by atoms with Crippen LogP contribution in [0, 0.1) is 10.1 Å². The van der Waals surface area contributed by atoms with Gasteiger partial charge in [0, 0.05) is 54.8 Å². The molecule has 0 aliphatic carbocycles. The second-order valence-electron chi connectivity index (χ2n) is 9.54. The van der Waals surface area contributed by atoms with Crippen molar-refractivity contribution < 1.29 is 24.0 Å². The fourth-order valence-electron chi connectivity index (χ4n) is 4.27. The number of rotatable bonds is 11. The van der Waals surface area contributed by atoms with Gasteiger partial charge in [-0.15, -0.1) is 0 Å². The number of nitro groups is 1. The first kappa shape index (κ1) is 30.2. The smallest absolute Gasteiger partial charge is 0.269 e. The van der Waals surface area contributed by atoms with Gasteiger partial charge in [0.1, 0.15) is 18.3 Å². The lowest BCUT2D eigenvalue weighted by Gasteiger charge is -2.25. The van der Waals surface area contributed by atoms with Gasteiger partial charge >= 0.3 is 0 Å². The number of non-ortho nitro benzene ring substituents is 1. The van der Waals surface area contributed by atoms with Crippen LogP contribution in [-0.4, -0.2) is 47.4 Å². The zero-order valence-electron chi connectivity index (χ0n) is 23.4. The molecule has 220 valence electrons. The zero-order valence-corrected chi connectivity index (χ0v) is 23.4. The number of hydrogen-bond donors (Lipinski definition) is 2. The number of aromatic nitrogens is 1. The van der Waals surface area contributed by atoms with Crippen LogP contribution in [0.2, 0.25) is 0 Å². The summed E-state index contributed by atoms with van der Waals surface area (Å²) in [6.07, 6.45) is 1.58. The summed E-state index contributed by atoms with van der Waals surface area (Å²) in [5, 5.41) is 16.1. The first-order valence-corrected chi connectivity index (χ1v) is 13.2. The van der Waals surface area contributed by atoms with Crippen molar-refractivity contribution in [2.75, 3.05) is 24.4 Å². The van der Waals surface area contributed by atoms with Gasteiger partial charge in [-0.3, -0.25) is 29.3 Å². The van der Waals surface area contributed by atoms with Gasteiger partial charge in [0.15, 0.2) is 0 Å². The lowest BCUT2D eigenvalue weighted by atomic mass is 10.0. The summed E-state index contributed by atoms with van der Waals surface area (Å²) in [4.78, 5) is 63.5. The van der Waals surface area contributed by atoms with Gasteiger partial charge in [-0.2, -0.15) is 0 Å². The van der Waals surface area contributed by atoms with E-state index in [0.717, 1.165) is 16.2 Å². The Labute approximate surface area is 246 Å². The van der Waals surface area contributed by atoms with Crippen LogP contribution in [0.3, 0.4) is 0 Å². The highest BCUT2D eigenvalue weighted by molar-refractivity contribution is 6.04. The number of nitro benzene ring substituents is 1. The molecule has 1 heterocycles. The minimum atomic E-state index is -0.919. The Morgan fingerprint density at radius 2 is 1.65 bits per heavy atom. The number of pyridine rings is 1. The van der Waals surface area contributed by atoms with Gasteiger partial charge in [-0.05, 0) is 48.0 Å². The molecule has 2 N–H and O–H groups in total. The number of hydrogen-bond acceptors (Lipinski definition) is 7. The van der Waals surface area contributed by atoms with Crippen molar-refractivity contribution in [3.05, 3.63) is 129 Å². The van der Waals surface area contributed by atoms with Crippen molar-refractivity contribution in [3.8, 4) is 5.75 Å². The molecule has 0 saturated heterocycles. The normalized spacial score (nSPS) is 11.2. The molecule has 0 spiro atoms. The summed E-state index contributed by atoms with van der Waals surface area (Å²) in [5.41, 5.74) is 1.09. The van der Waals surface area contributed by atoms with E-state index in [1.165, 1.54) is 41.4 Å². The summed E-state index contributed by atoms with van der Waals surface area (Å²) in [6.45, 7) is -0.361. The van der Waals surface area contributed by atoms with E-state index in [0.29, 0.717) is 11.4 Å². The van der Waals surface area contributed by atoms with Crippen LogP contribution < -0.4 is 25.8 Å². The fraction of sp³-hybridized carbons (Fsp3) is 0.161. The van der Waals surface area contributed by atoms with Gasteiger partial charge in [-0.1, -0.05) is 30.3 Å². The van der Waals surface area contributed by atoms with Crippen LogP contribution >= 0.6 is 0 Å². The Balaban J connectivity index is 1.44. The van der Waals surface area contributed by atoms with Gasteiger partial charge in [0.25, 0.3) is 17.2 Å². The van der Waals surface area contributed by atoms with Crippen LogP contribution in [0.5, 0.6) is 5.75 Å². The SMILES string of the molecule is COc1ccc(N(C)C(=O)[C@H](Cc2ccccc2)NC(=O)Cn2ccc(NC(=O)c3ccc([N+](=O)[O-])cc3)cc2=O)cc1.